The topological polar surface area (TPSA) is 61.2 Å². The summed E-state index contributed by atoms with van der Waals surface area (Å²) < 4.78 is 6.40. The van der Waals surface area contributed by atoms with Crippen LogP contribution in [0.5, 0.6) is 0 Å². The average Bonchev–Trinajstić information content (AvgIpc) is 2.23. The number of nitrogens with zero attached hydrogens (tertiary/aromatic N) is 2. The molecule has 1 aromatic heterocycles. The van der Waals surface area contributed by atoms with Crippen molar-refractivity contribution in [3.05, 3.63) is 26.4 Å². The van der Waals surface area contributed by atoms with E-state index in [4.69, 9.17) is 0 Å². The van der Waals surface area contributed by atoms with E-state index < -0.39 is 10.8 Å². The van der Waals surface area contributed by atoms with Gasteiger partial charge in [0.05, 0.1) is 23.6 Å². The van der Waals surface area contributed by atoms with Gasteiger partial charge in [0.15, 0.2) is 0 Å². The van der Waals surface area contributed by atoms with Crippen LogP contribution in [-0.4, -0.2) is 27.5 Å². The summed E-state index contributed by atoms with van der Waals surface area (Å²) in [6, 6.07) is 0. The van der Waals surface area contributed by atoms with Gasteiger partial charge in [0.25, 0.3) is 5.56 Å². The van der Waals surface area contributed by atoms with Gasteiger partial charge >= 0.3 is 5.97 Å². The summed E-state index contributed by atoms with van der Waals surface area (Å²) in [5.74, 6) is -0.416. The Hall–Kier alpha value is -0.440. The predicted octanol–water partition coefficient (Wildman–Crippen LogP) is 0.784. The first-order chi connectivity index (χ1) is 7.06. The molecule has 82 valence electrons. The van der Waals surface area contributed by atoms with Crippen molar-refractivity contribution in [3.8, 4) is 0 Å². The van der Waals surface area contributed by atoms with Crippen molar-refractivity contribution in [3.63, 3.8) is 0 Å². The minimum Gasteiger partial charge on any atom is -0.468 e. The molecular weight excluding hydrogens is 379 g/mol. The van der Waals surface area contributed by atoms with E-state index in [1.807, 2.05) is 22.6 Å². The molecule has 0 aliphatic rings. The van der Waals surface area contributed by atoms with Gasteiger partial charge in [-0.25, -0.2) is 4.98 Å². The predicted molar refractivity (Wildman–Crippen MR) is 65.9 cm³/mol. The number of carbonyl (C=O) groups is 1. The van der Waals surface area contributed by atoms with Gasteiger partial charge in [0.1, 0.15) is 4.83 Å². The van der Waals surface area contributed by atoms with E-state index in [9.17, 15) is 9.59 Å². The Kier molecular flexibility index (Phi) is 4.71. The number of carbonyl (C=O) groups excluding carboxylic acids is 1. The number of esters is 1. The Bertz CT molecular complexity index is 421. The lowest BCUT2D eigenvalue weighted by Crippen LogP contribution is -2.30. The zero-order chi connectivity index (χ0) is 11.4. The van der Waals surface area contributed by atoms with Crippen molar-refractivity contribution in [2.24, 2.45) is 0 Å². The molecule has 0 bridgehead atoms. The summed E-state index contributed by atoms with van der Waals surface area (Å²) in [6.07, 6.45) is 2.86. The van der Waals surface area contributed by atoms with Crippen LogP contribution in [0.2, 0.25) is 0 Å². The number of halogens is 2. The lowest BCUT2D eigenvalue weighted by molar-refractivity contribution is -0.140. The molecular formula is C8H8BrIN2O3. The van der Waals surface area contributed by atoms with Crippen molar-refractivity contribution >= 4 is 44.5 Å². The molecule has 1 atom stereocenters. The molecule has 0 N–H and O–H groups in total. The van der Waals surface area contributed by atoms with Gasteiger partial charge in [-0.15, -0.1) is 0 Å². The molecule has 0 aromatic carbocycles. The quantitative estimate of drug-likeness (QED) is 0.437. The normalized spacial score (nSPS) is 12.2. The zero-order valence-corrected chi connectivity index (χ0v) is 11.6. The summed E-state index contributed by atoms with van der Waals surface area (Å²) in [4.78, 5) is 26.0. The molecule has 0 radical (unpaired) electrons. The van der Waals surface area contributed by atoms with E-state index in [2.05, 4.69) is 25.7 Å². The SMILES string of the molecule is COC(=O)C(Br)Cn1cncc(I)c1=O. The highest BCUT2D eigenvalue weighted by Gasteiger charge is 2.16. The second-order valence-electron chi connectivity index (χ2n) is 2.69. The van der Waals surface area contributed by atoms with Crippen molar-refractivity contribution < 1.29 is 9.53 Å². The van der Waals surface area contributed by atoms with E-state index in [0.29, 0.717) is 3.57 Å². The Morgan fingerprint density at radius 1 is 1.80 bits per heavy atom. The van der Waals surface area contributed by atoms with Crippen LogP contribution in [0.15, 0.2) is 17.3 Å². The summed E-state index contributed by atoms with van der Waals surface area (Å²) in [5, 5.41) is 0. The summed E-state index contributed by atoms with van der Waals surface area (Å²) in [7, 11) is 1.30. The average molecular weight is 387 g/mol. The fourth-order valence-electron chi connectivity index (χ4n) is 0.929. The maximum Gasteiger partial charge on any atom is 0.321 e. The first kappa shape index (κ1) is 12.6. The molecule has 15 heavy (non-hydrogen) atoms. The molecule has 5 nitrogen and oxygen atoms in total. The Labute approximate surface area is 108 Å². The Balaban J connectivity index is 2.86. The maximum atomic E-state index is 11.6. The van der Waals surface area contributed by atoms with Crippen molar-refractivity contribution in [1.82, 2.24) is 9.55 Å². The smallest absolute Gasteiger partial charge is 0.321 e. The van der Waals surface area contributed by atoms with Gasteiger partial charge in [-0.3, -0.25) is 14.2 Å². The van der Waals surface area contributed by atoms with Crippen LogP contribution in [0.4, 0.5) is 0 Å². The van der Waals surface area contributed by atoms with Crippen LogP contribution >= 0.6 is 38.5 Å². The molecule has 0 saturated heterocycles. The molecule has 1 rings (SSSR count). The fourth-order valence-corrected chi connectivity index (χ4v) is 1.90. The first-order valence-electron chi connectivity index (χ1n) is 3.98. The maximum absolute atomic E-state index is 11.6. The van der Waals surface area contributed by atoms with Gasteiger partial charge in [0.2, 0.25) is 0 Å². The van der Waals surface area contributed by atoms with E-state index in [0.717, 1.165) is 0 Å². The molecule has 1 unspecified atom stereocenters. The number of hydrogen-bond acceptors (Lipinski definition) is 4. The van der Waals surface area contributed by atoms with E-state index in [-0.39, 0.29) is 12.1 Å². The van der Waals surface area contributed by atoms with E-state index in [1.54, 1.807) is 0 Å². The lowest BCUT2D eigenvalue weighted by Gasteiger charge is -2.09. The van der Waals surface area contributed by atoms with Gasteiger partial charge in [-0.1, -0.05) is 15.9 Å². The third-order valence-corrected chi connectivity index (χ3v) is 3.08. The Morgan fingerprint density at radius 2 is 2.47 bits per heavy atom. The third-order valence-electron chi connectivity index (χ3n) is 1.67. The highest BCUT2D eigenvalue weighted by Crippen LogP contribution is 2.04. The number of ether oxygens (including phenoxy) is 1. The molecule has 0 aliphatic carbocycles. The third kappa shape index (κ3) is 3.26. The van der Waals surface area contributed by atoms with Gasteiger partial charge in [-0.2, -0.15) is 0 Å². The Morgan fingerprint density at radius 3 is 3.07 bits per heavy atom. The summed E-state index contributed by atoms with van der Waals surface area (Å²) in [6.45, 7) is 0.204. The molecule has 0 fully saturated rings. The second kappa shape index (κ2) is 5.59. The largest absolute Gasteiger partial charge is 0.468 e. The van der Waals surface area contributed by atoms with Gasteiger partial charge in [-0.05, 0) is 22.6 Å². The van der Waals surface area contributed by atoms with Crippen LogP contribution in [0.25, 0.3) is 0 Å². The highest BCUT2D eigenvalue weighted by molar-refractivity contribution is 14.1. The van der Waals surface area contributed by atoms with E-state index in [1.165, 1.54) is 24.2 Å². The fraction of sp³-hybridized carbons (Fsp3) is 0.375. The molecule has 7 heteroatoms. The minimum absolute atomic E-state index is 0.168. The standard InChI is InChI=1S/C8H8BrIN2O3/c1-15-8(14)5(9)3-12-4-11-2-6(10)7(12)13/h2,4-5H,3H2,1H3. The highest BCUT2D eigenvalue weighted by atomic mass is 127. The monoisotopic (exact) mass is 386 g/mol. The summed E-state index contributed by atoms with van der Waals surface area (Å²) in [5.41, 5.74) is -0.168. The molecule has 0 spiro atoms. The molecule has 1 aromatic rings. The van der Waals surface area contributed by atoms with Gasteiger partial charge in [0, 0.05) is 6.20 Å². The van der Waals surface area contributed by atoms with E-state index >= 15 is 0 Å². The van der Waals surface area contributed by atoms with Gasteiger partial charge < -0.3 is 4.74 Å². The van der Waals surface area contributed by atoms with Crippen molar-refractivity contribution in [2.45, 2.75) is 11.4 Å². The second-order valence-corrected chi connectivity index (χ2v) is 4.96. The van der Waals surface area contributed by atoms with Crippen LogP contribution in [0.3, 0.4) is 0 Å². The number of aromatic nitrogens is 2. The van der Waals surface area contributed by atoms with Crippen LogP contribution in [0, 0.1) is 3.57 Å². The molecule has 1 heterocycles. The molecule has 0 saturated carbocycles. The van der Waals surface area contributed by atoms with Crippen molar-refractivity contribution in [2.75, 3.05) is 7.11 Å². The summed E-state index contributed by atoms with van der Waals surface area (Å²) >= 11 is 5.03. The minimum atomic E-state index is -0.541. The first-order valence-corrected chi connectivity index (χ1v) is 5.97. The number of rotatable bonds is 3. The van der Waals surface area contributed by atoms with Crippen molar-refractivity contribution in [1.29, 1.82) is 0 Å². The van der Waals surface area contributed by atoms with Crippen LogP contribution in [0.1, 0.15) is 0 Å². The number of methoxy groups -OCH3 is 1. The van der Waals surface area contributed by atoms with Crippen LogP contribution < -0.4 is 5.56 Å². The number of hydrogen-bond donors (Lipinski definition) is 0. The molecule has 0 amide bonds. The van der Waals surface area contributed by atoms with Crippen LogP contribution in [-0.2, 0) is 16.1 Å². The number of alkyl halides is 1. The lowest BCUT2D eigenvalue weighted by atomic mass is 10.4. The molecule has 0 aliphatic heterocycles. The zero-order valence-electron chi connectivity index (χ0n) is 7.81.